The third-order valence-corrected chi connectivity index (χ3v) is 7.05. The zero-order chi connectivity index (χ0) is 14.8. The zero-order valence-electron chi connectivity index (χ0n) is 12.1. The lowest BCUT2D eigenvalue weighted by molar-refractivity contribution is 0.276. The summed E-state index contributed by atoms with van der Waals surface area (Å²) in [6, 6.07) is 2.22. The quantitative estimate of drug-likeness (QED) is 0.646. The lowest BCUT2D eigenvalue weighted by atomic mass is 9.82. The Morgan fingerprint density at radius 3 is 2.85 bits per heavy atom. The van der Waals surface area contributed by atoms with Gasteiger partial charge in [0.15, 0.2) is 0 Å². The number of nitrogens with one attached hydrogen (secondary N) is 1. The highest BCUT2D eigenvalue weighted by Gasteiger charge is 2.34. The molecule has 1 aliphatic carbocycles. The normalized spacial score (nSPS) is 25.6. The van der Waals surface area contributed by atoms with E-state index in [2.05, 4.69) is 23.8 Å². The summed E-state index contributed by atoms with van der Waals surface area (Å²) in [4.78, 5) is 1.27. The van der Waals surface area contributed by atoms with Crippen LogP contribution in [-0.4, -0.2) is 19.9 Å². The minimum Gasteiger partial charge on any atom is -0.271 e. The van der Waals surface area contributed by atoms with Gasteiger partial charge in [0, 0.05) is 11.1 Å². The van der Waals surface area contributed by atoms with Gasteiger partial charge >= 0.3 is 0 Å². The van der Waals surface area contributed by atoms with E-state index in [0.29, 0.717) is 5.92 Å². The van der Waals surface area contributed by atoms with Gasteiger partial charge in [0.2, 0.25) is 0 Å². The molecule has 1 heterocycles. The molecule has 3 unspecified atom stereocenters. The van der Waals surface area contributed by atoms with Crippen molar-refractivity contribution in [2.24, 2.45) is 11.8 Å². The summed E-state index contributed by atoms with van der Waals surface area (Å²) >= 11 is 1.72. The maximum absolute atomic E-state index is 11.8. The van der Waals surface area contributed by atoms with E-state index in [1.165, 1.54) is 16.7 Å². The molecule has 0 radical (unpaired) electrons. The second-order valence-corrected chi connectivity index (χ2v) is 8.96. The summed E-state index contributed by atoms with van der Waals surface area (Å²) < 4.78 is 23.6. The molecule has 3 atom stereocenters. The predicted molar refractivity (Wildman–Crippen MR) is 84.4 cm³/mol. The van der Waals surface area contributed by atoms with Crippen LogP contribution in [0.3, 0.4) is 0 Å². The average molecular weight is 316 g/mol. The highest BCUT2D eigenvalue weighted by Crippen LogP contribution is 2.39. The Bertz CT molecular complexity index is 539. The average Bonchev–Trinajstić information content (AvgIpc) is 2.87. The van der Waals surface area contributed by atoms with Crippen molar-refractivity contribution in [3.05, 3.63) is 21.9 Å². The van der Waals surface area contributed by atoms with Crippen molar-refractivity contribution >= 4 is 21.2 Å². The van der Waals surface area contributed by atoms with Gasteiger partial charge in [-0.25, -0.2) is 8.42 Å². The molecule has 1 saturated carbocycles. The van der Waals surface area contributed by atoms with Crippen LogP contribution in [-0.2, 0) is 16.3 Å². The molecule has 20 heavy (non-hydrogen) atoms. The van der Waals surface area contributed by atoms with Crippen molar-refractivity contribution in [1.82, 2.24) is 5.43 Å². The number of hydrogen-bond acceptors (Lipinski definition) is 5. The SMILES string of the molecule is CCc1ccsc1C(NN)C1CCCC(S(C)(=O)=O)C1. The molecule has 4 nitrogen and oxygen atoms in total. The fraction of sp³-hybridized carbons (Fsp3) is 0.714. The number of hydrazine groups is 1. The number of hydrogen-bond donors (Lipinski definition) is 2. The topological polar surface area (TPSA) is 72.2 Å². The number of rotatable bonds is 5. The van der Waals surface area contributed by atoms with Crippen LogP contribution in [0.5, 0.6) is 0 Å². The van der Waals surface area contributed by atoms with Gasteiger partial charge in [-0.1, -0.05) is 13.3 Å². The molecule has 1 aromatic heterocycles. The summed E-state index contributed by atoms with van der Waals surface area (Å²) in [5, 5.41) is 1.89. The number of sulfone groups is 1. The zero-order valence-corrected chi connectivity index (χ0v) is 13.8. The van der Waals surface area contributed by atoms with E-state index in [1.54, 1.807) is 11.3 Å². The number of thiophene rings is 1. The maximum Gasteiger partial charge on any atom is 0.150 e. The largest absolute Gasteiger partial charge is 0.271 e. The van der Waals surface area contributed by atoms with Crippen molar-refractivity contribution in [2.75, 3.05) is 6.26 Å². The van der Waals surface area contributed by atoms with E-state index in [0.717, 1.165) is 32.1 Å². The van der Waals surface area contributed by atoms with Crippen LogP contribution in [0.25, 0.3) is 0 Å². The van der Waals surface area contributed by atoms with Gasteiger partial charge in [0.25, 0.3) is 0 Å². The van der Waals surface area contributed by atoms with Gasteiger partial charge in [-0.15, -0.1) is 11.3 Å². The van der Waals surface area contributed by atoms with Crippen molar-refractivity contribution in [2.45, 2.75) is 50.3 Å². The van der Waals surface area contributed by atoms with E-state index in [-0.39, 0.29) is 11.3 Å². The Kier molecular flexibility index (Phi) is 5.23. The van der Waals surface area contributed by atoms with E-state index >= 15 is 0 Å². The molecule has 0 spiro atoms. The lowest BCUT2D eigenvalue weighted by Crippen LogP contribution is -2.38. The summed E-state index contributed by atoms with van der Waals surface area (Å²) in [6.07, 6.45) is 5.86. The molecule has 1 aliphatic rings. The summed E-state index contributed by atoms with van der Waals surface area (Å²) in [5.41, 5.74) is 4.26. The van der Waals surface area contributed by atoms with Gasteiger partial charge in [-0.2, -0.15) is 0 Å². The van der Waals surface area contributed by atoms with Gasteiger partial charge < -0.3 is 0 Å². The van der Waals surface area contributed by atoms with Crippen LogP contribution in [0.4, 0.5) is 0 Å². The highest BCUT2D eigenvalue weighted by atomic mass is 32.2. The van der Waals surface area contributed by atoms with Crippen LogP contribution in [0, 0.1) is 5.92 Å². The first-order valence-electron chi connectivity index (χ1n) is 7.18. The molecule has 3 N–H and O–H groups in total. The molecule has 0 aromatic carbocycles. The molecule has 0 amide bonds. The molecular weight excluding hydrogens is 292 g/mol. The molecular formula is C14H24N2O2S2. The molecule has 0 aliphatic heterocycles. The second kappa shape index (κ2) is 6.56. The van der Waals surface area contributed by atoms with Crippen molar-refractivity contribution in [3.8, 4) is 0 Å². The van der Waals surface area contributed by atoms with Crippen molar-refractivity contribution in [1.29, 1.82) is 0 Å². The van der Waals surface area contributed by atoms with Crippen LogP contribution in [0.15, 0.2) is 11.4 Å². The standard InChI is InChI=1S/C14H24N2O2S2/c1-3-10-7-8-19-14(10)13(16-15)11-5-4-6-12(9-11)20(2,17)18/h7-8,11-13,16H,3-6,9,15H2,1-2H3. The molecule has 0 bridgehead atoms. The van der Waals surface area contributed by atoms with E-state index in [4.69, 9.17) is 5.84 Å². The summed E-state index contributed by atoms with van der Waals surface area (Å²) in [5.74, 6) is 6.08. The molecule has 0 saturated heterocycles. The first kappa shape index (κ1) is 15.9. The Balaban J connectivity index is 2.19. The van der Waals surface area contributed by atoms with Gasteiger partial charge in [0.05, 0.1) is 11.3 Å². The Labute approximate surface area is 125 Å². The molecule has 2 rings (SSSR count). The van der Waals surface area contributed by atoms with E-state index < -0.39 is 9.84 Å². The van der Waals surface area contributed by atoms with Gasteiger partial charge in [0.1, 0.15) is 9.84 Å². The van der Waals surface area contributed by atoms with Crippen LogP contribution >= 0.6 is 11.3 Å². The maximum atomic E-state index is 11.8. The highest BCUT2D eigenvalue weighted by molar-refractivity contribution is 7.91. The lowest BCUT2D eigenvalue weighted by Gasteiger charge is -2.33. The third kappa shape index (κ3) is 3.42. The van der Waals surface area contributed by atoms with Crippen LogP contribution in [0.2, 0.25) is 0 Å². The molecule has 1 fully saturated rings. The van der Waals surface area contributed by atoms with E-state index in [1.807, 2.05) is 0 Å². The summed E-state index contributed by atoms with van der Waals surface area (Å²) in [6.45, 7) is 2.14. The fourth-order valence-corrected chi connectivity index (χ4v) is 5.55. The Morgan fingerprint density at radius 2 is 2.25 bits per heavy atom. The molecule has 6 heteroatoms. The smallest absolute Gasteiger partial charge is 0.150 e. The molecule has 1 aromatic rings. The predicted octanol–water partition coefficient (Wildman–Crippen LogP) is 2.42. The Hall–Kier alpha value is -0.430. The third-order valence-electron chi connectivity index (χ3n) is 4.37. The molecule has 114 valence electrons. The second-order valence-electron chi connectivity index (χ2n) is 5.69. The van der Waals surface area contributed by atoms with Crippen molar-refractivity contribution in [3.63, 3.8) is 0 Å². The van der Waals surface area contributed by atoms with Crippen LogP contribution < -0.4 is 11.3 Å². The van der Waals surface area contributed by atoms with E-state index in [9.17, 15) is 8.42 Å². The first-order valence-corrected chi connectivity index (χ1v) is 10.0. The number of nitrogens with two attached hydrogens (primary N) is 1. The number of aryl methyl sites for hydroxylation is 1. The van der Waals surface area contributed by atoms with Gasteiger partial charge in [-0.05, 0) is 48.6 Å². The first-order chi connectivity index (χ1) is 9.47. The van der Waals surface area contributed by atoms with Crippen LogP contribution in [0.1, 0.15) is 49.1 Å². The van der Waals surface area contributed by atoms with Crippen molar-refractivity contribution < 1.29 is 8.42 Å². The fourth-order valence-electron chi connectivity index (χ4n) is 3.21. The minimum absolute atomic E-state index is 0.0782. The Morgan fingerprint density at radius 1 is 1.50 bits per heavy atom. The monoisotopic (exact) mass is 316 g/mol. The van der Waals surface area contributed by atoms with Gasteiger partial charge in [-0.3, -0.25) is 11.3 Å². The summed E-state index contributed by atoms with van der Waals surface area (Å²) in [7, 11) is -2.95. The minimum atomic E-state index is -2.95.